The Labute approximate surface area is 131 Å². The van der Waals surface area contributed by atoms with Gasteiger partial charge in [-0.15, -0.1) is 0 Å². The molecule has 3 aromatic rings. The third kappa shape index (κ3) is 2.98. The summed E-state index contributed by atoms with van der Waals surface area (Å²) in [6.45, 7) is 1.46. The average Bonchev–Trinajstić information content (AvgIpc) is 2.95. The standard InChI is InChI=1S/C16H13N5O2/c1-9(22)12-4-2-10(6-18-12)13-8-20-16-15(21-13)11(7-19-16)3-5-14(17)23/h2-8H,1H3,(H2,17,23)(H,19,20). The highest BCUT2D eigenvalue weighted by atomic mass is 16.1. The zero-order chi connectivity index (χ0) is 16.4. The van der Waals surface area contributed by atoms with Crippen molar-refractivity contribution in [1.29, 1.82) is 0 Å². The van der Waals surface area contributed by atoms with Gasteiger partial charge < -0.3 is 10.7 Å². The Morgan fingerprint density at radius 2 is 2.04 bits per heavy atom. The monoisotopic (exact) mass is 307 g/mol. The summed E-state index contributed by atoms with van der Waals surface area (Å²) in [5, 5.41) is 0. The number of hydrogen-bond donors (Lipinski definition) is 2. The van der Waals surface area contributed by atoms with E-state index in [4.69, 9.17) is 5.73 Å². The predicted octanol–water partition coefficient (Wildman–Crippen LogP) is 1.72. The fraction of sp³-hybridized carbons (Fsp3) is 0.0625. The molecule has 0 aliphatic heterocycles. The summed E-state index contributed by atoms with van der Waals surface area (Å²) in [6.07, 6.45) is 7.74. The molecule has 0 aromatic carbocycles. The van der Waals surface area contributed by atoms with E-state index in [0.29, 0.717) is 28.1 Å². The van der Waals surface area contributed by atoms with Crippen molar-refractivity contribution in [2.24, 2.45) is 5.73 Å². The number of nitrogens with one attached hydrogen (secondary N) is 1. The van der Waals surface area contributed by atoms with E-state index in [-0.39, 0.29) is 5.78 Å². The Morgan fingerprint density at radius 3 is 2.70 bits per heavy atom. The smallest absolute Gasteiger partial charge is 0.241 e. The summed E-state index contributed by atoms with van der Waals surface area (Å²) >= 11 is 0. The molecule has 0 saturated heterocycles. The lowest BCUT2D eigenvalue weighted by atomic mass is 10.2. The molecule has 1 amide bonds. The molecular formula is C16H13N5O2. The van der Waals surface area contributed by atoms with E-state index in [1.54, 1.807) is 36.8 Å². The molecule has 0 spiro atoms. The van der Waals surface area contributed by atoms with E-state index in [9.17, 15) is 9.59 Å². The van der Waals surface area contributed by atoms with Crippen molar-refractivity contribution in [3.63, 3.8) is 0 Å². The van der Waals surface area contributed by atoms with Crippen molar-refractivity contribution in [2.45, 2.75) is 6.92 Å². The van der Waals surface area contributed by atoms with Crippen molar-refractivity contribution in [2.75, 3.05) is 0 Å². The number of aromatic amines is 1. The van der Waals surface area contributed by atoms with E-state index in [1.807, 2.05) is 0 Å². The number of pyridine rings is 1. The topological polar surface area (TPSA) is 115 Å². The predicted molar refractivity (Wildman–Crippen MR) is 85.4 cm³/mol. The molecule has 0 atom stereocenters. The first kappa shape index (κ1) is 14.6. The highest BCUT2D eigenvalue weighted by Crippen LogP contribution is 2.21. The van der Waals surface area contributed by atoms with E-state index in [2.05, 4.69) is 19.9 Å². The van der Waals surface area contributed by atoms with Gasteiger partial charge in [0.15, 0.2) is 11.4 Å². The van der Waals surface area contributed by atoms with Crippen molar-refractivity contribution in [3.05, 3.63) is 48.1 Å². The molecule has 3 N–H and O–H groups in total. The van der Waals surface area contributed by atoms with Crippen molar-refractivity contribution in [1.82, 2.24) is 19.9 Å². The number of fused-ring (bicyclic) bond motifs is 1. The maximum absolute atomic E-state index is 11.3. The second kappa shape index (κ2) is 5.80. The van der Waals surface area contributed by atoms with Crippen LogP contribution in [-0.4, -0.2) is 31.6 Å². The van der Waals surface area contributed by atoms with Gasteiger partial charge in [-0.2, -0.15) is 0 Å². The zero-order valence-corrected chi connectivity index (χ0v) is 12.3. The van der Waals surface area contributed by atoms with E-state index in [0.717, 1.165) is 5.56 Å². The Kier molecular flexibility index (Phi) is 3.68. The lowest BCUT2D eigenvalue weighted by Crippen LogP contribution is -2.05. The summed E-state index contributed by atoms with van der Waals surface area (Å²) < 4.78 is 0. The molecule has 0 unspecified atom stereocenters. The number of carbonyl (C=O) groups is 2. The molecule has 114 valence electrons. The molecule has 23 heavy (non-hydrogen) atoms. The number of amides is 1. The molecule has 3 rings (SSSR count). The Hall–Kier alpha value is -3.35. The number of hydrogen-bond acceptors (Lipinski definition) is 5. The minimum Gasteiger partial charge on any atom is -0.366 e. The molecular weight excluding hydrogens is 294 g/mol. The highest BCUT2D eigenvalue weighted by molar-refractivity contribution is 5.94. The van der Waals surface area contributed by atoms with Crippen LogP contribution in [0.1, 0.15) is 23.0 Å². The van der Waals surface area contributed by atoms with Gasteiger partial charge in [0, 0.05) is 36.5 Å². The first-order chi connectivity index (χ1) is 11.0. The van der Waals surface area contributed by atoms with Crippen LogP contribution in [0, 0.1) is 0 Å². The van der Waals surface area contributed by atoms with Crippen molar-refractivity contribution >= 4 is 28.9 Å². The third-order valence-electron chi connectivity index (χ3n) is 3.26. The number of H-pyrrole nitrogens is 1. The van der Waals surface area contributed by atoms with Crippen LogP contribution < -0.4 is 5.73 Å². The number of nitrogens with zero attached hydrogens (tertiary/aromatic N) is 3. The van der Waals surface area contributed by atoms with Gasteiger partial charge in [0.05, 0.1) is 11.9 Å². The summed E-state index contributed by atoms with van der Waals surface area (Å²) in [7, 11) is 0. The highest BCUT2D eigenvalue weighted by Gasteiger charge is 2.08. The van der Waals surface area contributed by atoms with Crippen LogP contribution in [0.4, 0.5) is 0 Å². The van der Waals surface area contributed by atoms with Crippen LogP contribution in [0.2, 0.25) is 0 Å². The van der Waals surface area contributed by atoms with Crippen LogP contribution in [-0.2, 0) is 4.79 Å². The number of carbonyl (C=O) groups excluding carboxylic acids is 2. The van der Waals surface area contributed by atoms with Crippen LogP contribution in [0.3, 0.4) is 0 Å². The molecule has 0 aliphatic carbocycles. The number of primary amides is 1. The van der Waals surface area contributed by atoms with E-state index >= 15 is 0 Å². The molecule has 0 bridgehead atoms. The van der Waals surface area contributed by atoms with Crippen LogP contribution >= 0.6 is 0 Å². The minimum absolute atomic E-state index is 0.0948. The first-order valence-electron chi connectivity index (χ1n) is 6.83. The average molecular weight is 307 g/mol. The van der Waals surface area contributed by atoms with Gasteiger partial charge in [0.25, 0.3) is 0 Å². The van der Waals surface area contributed by atoms with Gasteiger partial charge in [-0.05, 0) is 18.2 Å². The second-order valence-electron chi connectivity index (χ2n) is 4.92. The van der Waals surface area contributed by atoms with Gasteiger partial charge in [-0.3, -0.25) is 14.6 Å². The first-order valence-corrected chi connectivity index (χ1v) is 6.83. The van der Waals surface area contributed by atoms with Gasteiger partial charge in [0.2, 0.25) is 5.91 Å². The minimum atomic E-state index is -0.535. The summed E-state index contributed by atoms with van der Waals surface area (Å²) in [4.78, 5) is 38.0. The SMILES string of the molecule is CC(=O)c1ccc(-c2cnc3[nH]cc(C=CC(N)=O)c3n2)cn1. The third-order valence-corrected chi connectivity index (χ3v) is 3.26. The summed E-state index contributed by atoms with van der Waals surface area (Å²) in [6, 6.07) is 3.42. The van der Waals surface area contributed by atoms with Gasteiger partial charge >= 0.3 is 0 Å². The number of rotatable bonds is 4. The largest absolute Gasteiger partial charge is 0.366 e. The normalized spacial score (nSPS) is 11.2. The van der Waals surface area contributed by atoms with Crippen LogP contribution in [0.25, 0.3) is 28.5 Å². The van der Waals surface area contributed by atoms with Gasteiger partial charge in [0.1, 0.15) is 11.2 Å². The second-order valence-corrected chi connectivity index (χ2v) is 4.92. The van der Waals surface area contributed by atoms with Crippen LogP contribution in [0.15, 0.2) is 36.8 Å². The van der Waals surface area contributed by atoms with E-state index < -0.39 is 5.91 Å². The summed E-state index contributed by atoms with van der Waals surface area (Å²) in [5.74, 6) is -0.630. The number of nitrogens with two attached hydrogens (primary N) is 1. The number of aromatic nitrogens is 4. The van der Waals surface area contributed by atoms with Crippen molar-refractivity contribution in [3.8, 4) is 11.3 Å². The molecule has 7 heteroatoms. The Morgan fingerprint density at radius 1 is 1.22 bits per heavy atom. The Bertz CT molecular complexity index is 925. The van der Waals surface area contributed by atoms with Gasteiger partial charge in [-0.25, -0.2) is 9.97 Å². The maximum atomic E-state index is 11.3. The molecule has 3 heterocycles. The van der Waals surface area contributed by atoms with Crippen molar-refractivity contribution < 1.29 is 9.59 Å². The molecule has 0 fully saturated rings. The Balaban J connectivity index is 2.03. The number of ketones is 1. The molecule has 3 aromatic heterocycles. The zero-order valence-electron chi connectivity index (χ0n) is 12.3. The fourth-order valence-electron chi connectivity index (χ4n) is 2.10. The molecule has 7 nitrogen and oxygen atoms in total. The lowest BCUT2D eigenvalue weighted by molar-refractivity contribution is -0.113. The quantitative estimate of drug-likeness (QED) is 0.562. The van der Waals surface area contributed by atoms with Gasteiger partial charge in [-0.1, -0.05) is 0 Å². The maximum Gasteiger partial charge on any atom is 0.241 e. The fourth-order valence-corrected chi connectivity index (χ4v) is 2.10. The molecule has 0 radical (unpaired) electrons. The molecule has 0 aliphatic rings. The number of Topliss-reactive ketones (excluding diaryl/α,β-unsaturated/α-hetero) is 1. The van der Waals surface area contributed by atoms with Crippen LogP contribution in [0.5, 0.6) is 0 Å². The molecule has 0 saturated carbocycles. The summed E-state index contributed by atoms with van der Waals surface area (Å²) in [5.41, 5.74) is 8.80. The lowest BCUT2D eigenvalue weighted by Gasteiger charge is -2.01. The van der Waals surface area contributed by atoms with E-state index in [1.165, 1.54) is 13.0 Å².